The van der Waals surface area contributed by atoms with Crippen LogP contribution in [0, 0.1) is 11.8 Å². The molecule has 0 saturated heterocycles. The van der Waals surface area contributed by atoms with E-state index in [1.165, 1.54) is 37.1 Å². The Bertz CT molecular complexity index is 3300. The number of hydrogen-bond acceptors (Lipinski definition) is 14. The molecule has 0 bridgehead atoms. The van der Waals surface area contributed by atoms with Gasteiger partial charge in [0.15, 0.2) is 22.7 Å². The lowest BCUT2D eigenvalue weighted by Gasteiger charge is -2.36. The van der Waals surface area contributed by atoms with Crippen molar-refractivity contribution in [3.05, 3.63) is 205 Å². The third kappa shape index (κ3) is 16.8. The number of oxazole rings is 2. The fourth-order valence-corrected chi connectivity index (χ4v) is 13.1. The molecule has 10 rings (SSSR count). The van der Waals surface area contributed by atoms with Gasteiger partial charge in [0.2, 0.25) is 11.8 Å². The zero-order valence-corrected chi connectivity index (χ0v) is 50.3. The van der Waals surface area contributed by atoms with Crippen molar-refractivity contribution in [3.63, 3.8) is 0 Å². The molecule has 18 heteroatoms. The Kier molecular flexibility index (Phi) is 21.4. The minimum atomic E-state index is -4.74. The van der Waals surface area contributed by atoms with Gasteiger partial charge in [0, 0.05) is 35.4 Å². The van der Waals surface area contributed by atoms with Crippen molar-refractivity contribution in [3.8, 4) is 11.5 Å². The molecule has 0 radical (unpaired) electrons. The lowest BCUT2D eigenvalue weighted by atomic mass is 9.73. The number of hydrogen-bond donors (Lipinski definition) is 2. The van der Waals surface area contributed by atoms with Gasteiger partial charge in [-0.15, -0.1) is 0 Å². The van der Waals surface area contributed by atoms with Crippen LogP contribution < -0.4 is 9.47 Å². The first kappa shape index (κ1) is 63.3. The predicted molar refractivity (Wildman–Crippen MR) is 319 cm³/mol. The first-order chi connectivity index (χ1) is 40.2. The average molecular weight is 1190 g/mol. The van der Waals surface area contributed by atoms with E-state index in [-0.39, 0.29) is 22.6 Å². The quantitative estimate of drug-likeness (QED) is 0.0366. The second-order valence-electron chi connectivity index (χ2n) is 23.4. The summed E-state index contributed by atoms with van der Waals surface area (Å²) < 4.78 is 91.9. The predicted octanol–water partition coefficient (Wildman–Crippen LogP) is 11.7. The van der Waals surface area contributed by atoms with E-state index in [1.54, 1.807) is 12.4 Å². The Morgan fingerprint density at radius 2 is 0.821 bits per heavy atom. The first-order valence-corrected chi connectivity index (χ1v) is 31.9. The molecule has 2 aliphatic rings. The van der Waals surface area contributed by atoms with E-state index in [0.717, 1.165) is 133 Å². The second-order valence-corrected chi connectivity index (χ2v) is 26.1. The number of para-hydroxylation sites is 2. The van der Waals surface area contributed by atoms with Crippen LogP contribution in [0.5, 0.6) is 11.5 Å². The fourth-order valence-electron chi connectivity index (χ4n) is 11.7. The van der Waals surface area contributed by atoms with Gasteiger partial charge in [-0.1, -0.05) is 160 Å². The van der Waals surface area contributed by atoms with Gasteiger partial charge in [0.05, 0.1) is 76.7 Å². The fraction of sp³-hybridized carbons (Fsp3) is 0.394. The number of ether oxygens (including phenoxy) is 2. The van der Waals surface area contributed by atoms with Crippen LogP contribution in [0.1, 0.15) is 111 Å². The zero-order chi connectivity index (χ0) is 59.9. The highest BCUT2D eigenvalue weighted by atomic mass is 32.2. The first-order valence-electron chi connectivity index (χ1n) is 29.1. The normalized spacial score (nSPS) is 16.0. The summed E-state index contributed by atoms with van der Waals surface area (Å²) in [6.45, 7) is 4.70. The minimum absolute atomic E-state index is 0.0792. The summed E-state index contributed by atoms with van der Waals surface area (Å²) >= 11 is 0. The summed E-state index contributed by atoms with van der Waals surface area (Å²) in [5.41, 5.74) is -0.615. The van der Waals surface area contributed by atoms with Crippen molar-refractivity contribution in [2.45, 2.75) is 111 Å². The van der Waals surface area contributed by atoms with Crippen LogP contribution in [0.2, 0.25) is 0 Å². The van der Waals surface area contributed by atoms with Crippen molar-refractivity contribution in [2.75, 3.05) is 54.5 Å². The van der Waals surface area contributed by atoms with Crippen LogP contribution in [0.3, 0.4) is 0 Å². The molecule has 0 aliphatic heterocycles. The van der Waals surface area contributed by atoms with Gasteiger partial charge in [-0.2, -0.15) is 0 Å². The highest BCUT2D eigenvalue weighted by molar-refractivity contribution is 7.86. The van der Waals surface area contributed by atoms with Crippen molar-refractivity contribution in [2.24, 2.45) is 11.8 Å². The van der Waals surface area contributed by atoms with E-state index >= 15 is 0 Å². The molecular weight excluding hydrogens is 1100 g/mol. The molecule has 16 nitrogen and oxygen atoms in total. The maximum absolute atomic E-state index is 12.0. The summed E-state index contributed by atoms with van der Waals surface area (Å²) in [5, 5.41) is 23.8. The Balaban J connectivity index is 0.000000172. The SMILES string of the molecule is C[N+](C)(CCCOc1ccccc1)Cc1cnc([C@](O)(c2ccccc2)C2CCCCC2)o1.C[N+](C)(CCCOc1ccccc1)Cc1cnc([C@](O)(c2ccccc2)C2CCCCC2)o1.O=S(=O)([O-])c1cccc2c(S(=O)(=O)[O-])cccc12. The largest absolute Gasteiger partial charge is 0.744 e. The number of nitrogens with zero attached hydrogens (tertiary/aromatic N) is 4. The molecule has 84 heavy (non-hydrogen) atoms. The van der Waals surface area contributed by atoms with E-state index in [0.29, 0.717) is 38.1 Å². The highest BCUT2D eigenvalue weighted by Gasteiger charge is 2.46. The lowest BCUT2D eigenvalue weighted by molar-refractivity contribution is -0.904. The van der Waals surface area contributed by atoms with E-state index in [9.17, 15) is 36.2 Å². The molecule has 2 atom stereocenters. The molecule has 0 spiro atoms. The van der Waals surface area contributed by atoms with Crippen molar-refractivity contribution < 1.29 is 63.4 Å². The summed E-state index contributed by atoms with van der Waals surface area (Å²) in [7, 11) is -0.718. The molecule has 2 N–H and O–H groups in total. The number of quaternary nitrogens is 2. The number of fused-ring (bicyclic) bond motifs is 1. The number of aliphatic hydroxyl groups is 2. The van der Waals surface area contributed by atoms with Crippen molar-refractivity contribution in [1.29, 1.82) is 0 Å². The maximum atomic E-state index is 12.0. The van der Waals surface area contributed by atoms with E-state index in [4.69, 9.17) is 18.3 Å². The molecule has 2 heterocycles. The Labute approximate surface area is 495 Å². The van der Waals surface area contributed by atoms with Gasteiger partial charge in [-0.3, -0.25) is 0 Å². The molecule has 448 valence electrons. The summed E-state index contributed by atoms with van der Waals surface area (Å²) in [6.07, 6.45) is 16.5. The maximum Gasteiger partial charge on any atom is 0.231 e. The smallest absolute Gasteiger partial charge is 0.231 e. The van der Waals surface area contributed by atoms with Crippen molar-refractivity contribution >= 4 is 31.0 Å². The molecule has 0 amide bonds. The zero-order valence-electron chi connectivity index (χ0n) is 48.6. The minimum Gasteiger partial charge on any atom is -0.744 e. The van der Waals surface area contributed by atoms with E-state index < -0.39 is 41.2 Å². The number of rotatable bonds is 22. The van der Waals surface area contributed by atoms with Gasteiger partial charge in [-0.05, 0) is 73.2 Å². The Morgan fingerprint density at radius 1 is 0.488 bits per heavy atom. The van der Waals surface area contributed by atoms with E-state index in [2.05, 4.69) is 38.2 Å². The van der Waals surface area contributed by atoms with Gasteiger partial charge in [0.1, 0.15) is 44.8 Å². The molecule has 6 aromatic carbocycles. The topological polar surface area (TPSA) is 225 Å². The van der Waals surface area contributed by atoms with Crippen LogP contribution >= 0.6 is 0 Å². The molecule has 2 aromatic heterocycles. The molecule has 2 fully saturated rings. The monoisotopic (exact) mass is 1180 g/mol. The summed E-state index contributed by atoms with van der Waals surface area (Å²) in [6, 6.07) is 46.8. The van der Waals surface area contributed by atoms with Crippen LogP contribution in [0.4, 0.5) is 0 Å². The van der Waals surface area contributed by atoms with Crippen LogP contribution in [-0.4, -0.2) is 110 Å². The molecule has 2 saturated carbocycles. The number of benzene rings is 6. The summed E-state index contributed by atoms with van der Waals surface area (Å²) in [4.78, 5) is 8.12. The molecular formula is C66H80N4O12S2. The van der Waals surface area contributed by atoms with Crippen LogP contribution in [-0.2, 0) is 44.5 Å². The molecule has 8 aromatic rings. The second kappa shape index (κ2) is 28.4. The third-order valence-electron chi connectivity index (χ3n) is 16.0. The number of aromatic nitrogens is 2. The lowest BCUT2D eigenvalue weighted by Crippen LogP contribution is -2.40. The standard InChI is InChI=1S/2C28H37N2O3.C10H8O6S2/c2*1-30(2,19-12-20-32-25-17-10-5-11-18-25)22-26-21-29-27(33-26)28(31,23-13-6-3-7-14-23)24-15-8-4-9-16-24;11-17(12,13)9-5-1-3-7-8(9)4-2-6-10(7)18(14,15)16/h2*3,5-7,10-11,13-14,17-18,21,24,31H,4,8-9,12,15-16,19-20,22H2,1-2H3;1-6H,(H,11,12,13)(H,14,15,16)/q2*+1;/p-2/t2*28-;/m00./s1. The summed E-state index contributed by atoms with van der Waals surface area (Å²) in [5.74, 6) is 4.55. The van der Waals surface area contributed by atoms with Crippen LogP contribution in [0.15, 0.2) is 189 Å². The highest BCUT2D eigenvalue weighted by Crippen LogP contribution is 2.45. The van der Waals surface area contributed by atoms with Gasteiger partial charge in [0.25, 0.3) is 0 Å². The van der Waals surface area contributed by atoms with Gasteiger partial charge < -0.3 is 46.6 Å². The Morgan fingerprint density at radius 3 is 1.15 bits per heavy atom. The van der Waals surface area contributed by atoms with Crippen LogP contribution in [0.25, 0.3) is 10.8 Å². The molecule has 2 aliphatic carbocycles. The van der Waals surface area contributed by atoms with Gasteiger partial charge >= 0.3 is 0 Å². The van der Waals surface area contributed by atoms with Crippen molar-refractivity contribution in [1.82, 2.24) is 9.97 Å². The van der Waals surface area contributed by atoms with E-state index in [1.807, 2.05) is 121 Å². The third-order valence-corrected chi connectivity index (χ3v) is 17.8. The Hall–Kier alpha value is -6.74. The van der Waals surface area contributed by atoms with Gasteiger partial charge in [-0.25, -0.2) is 26.8 Å². The average Bonchev–Trinajstić information content (AvgIpc) is 2.32. The molecule has 0 unspecified atom stereocenters.